The number of nitrogens with one attached hydrogen (secondary N) is 1. The second-order valence-electron chi connectivity index (χ2n) is 4.51. The highest BCUT2D eigenvalue weighted by atomic mass is 32.2. The molecule has 0 fully saturated rings. The molecule has 1 heterocycles. The van der Waals surface area contributed by atoms with E-state index in [1.807, 2.05) is 11.8 Å². The molecule has 3 nitrogen and oxygen atoms in total. The van der Waals surface area contributed by atoms with Crippen molar-refractivity contribution >= 4 is 17.6 Å². The number of aromatic nitrogens is 2. The number of hydrogen-bond donors (Lipinski definition) is 1. The van der Waals surface area contributed by atoms with Crippen LogP contribution in [0.15, 0.2) is 5.03 Å². The van der Waals surface area contributed by atoms with Gasteiger partial charge in [-0.3, -0.25) is 0 Å². The number of rotatable bonds is 6. The van der Waals surface area contributed by atoms with Crippen molar-refractivity contribution < 1.29 is 0 Å². The molecular weight excluding hydrogens is 230 g/mol. The molecule has 1 aromatic heterocycles. The molecule has 0 aliphatic carbocycles. The first-order valence-corrected chi connectivity index (χ1v) is 7.31. The third-order valence-electron chi connectivity index (χ3n) is 2.36. The van der Waals surface area contributed by atoms with Crippen LogP contribution < -0.4 is 5.32 Å². The molecule has 96 valence electrons. The summed E-state index contributed by atoms with van der Waals surface area (Å²) in [6, 6.07) is 0. The zero-order chi connectivity index (χ0) is 12.8. The molecule has 0 aliphatic heterocycles. The molecule has 0 atom stereocenters. The molecule has 1 rings (SSSR count). The van der Waals surface area contributed by atoms with Crippen molar-refractivity contribution in [1.29, 1.82) is 0 Å². The van der Waals surface area contributed by atoms with Gasteiger partial charge in [-0.2, -0.15) is 0 Å². The normalized spacial score (nSPS) is 10.9. The number of thioether (sulfide) groups is 1. The molecule has 0 unspecified atom stereocenters. The molecule has 17 heavy (non-hydrogen) atoms. The van der Waals surface area contributed by atoms with E-state index in [0.29, 0.717) is 5.92 Å². The van der Waals surface area contributed by atoms with Crippen molar-refractivity contribution in [1.82, 2.24) is 9.97 Å². The van der Waals surface area contributed by atoms with Gasteiger partial charge < -0.3 is 5.32 Å². The Morgan fingerprint density at radius 2 is 1.94 bits per heavy atom. The summed E-state index contributed by atoms with van der Waals surface area (Å²) in [4.78, 5) is 9.15. The monoisotopic (exact) mass is 253 g/mol. The van der Waals surface area contributed by atoms with Gasteiger partial charge in [-0.1, -0.05) is 20.8 Å². The first-order valence-electron chi connectivity index (χ1n) is 6.32. The molecule has 0 aromatic carbocycles. The van der Waals surface area contributed by atoms with Gasteiger partial charge in [0.25, 0.3) is 0 Å². The fourth-order valence-electron chi connectivity index (χ4n) is 1.42. The van der Waals surface area contributed by atoms with Gasteiger partial charge in [0, 0.05) is 24.3 Å². The maximum absolute atomic E-state index is 4.62. The molecule has 1 aromatic rings. The van der Waals surface area contributed by atoms with Crippen molar-refractivity contribution in [3.05, 3.63) is 11.4 Å². The van der Waals surface area contributed by atoms with Gasteiger partial charge in [-0.05, 0) is 19.8 Å². The summed E-state index contributed by atoms with van der Waals surface area (Å²) in [5.74, 6) is 3.71. The average molecular weight is 253 g/mol. The maximum Gasteiger partial charge on any atom is 0.133 e. The molecule has 0 spiro atoms. The molecule has 0 radical (unpaired) electrons. The van der Waals surface area contributed by atoms with E-state index in [4.69, 9.17) is 0 Å². The Labute approximate surface area is 109 Å². The summed E-state index contributed by atoms with van der Waals surface area (Å²) in [7, 11) is 0. The lowest BCUT2D eigenvalue weighted by atomic mass is 10.3. The summed E-state index contributed by atoms with van der Waals surface area (Å²) in [5.41, 5.74) is 1.18. The molecule has 0 saturated heterocycles. The van der Waals surface area contributed by atoms with Gasteiger partial charge in [0.1, 0.15) is 16.7 Å². The Hall–Kier alpha value is -0.770. The van der Waals surface area contributed by atoms with Crippen LogP contribution in [0.4, 0.5) is 5.82 Å². The molecule has 0 amide bonds. The lowest BCUT2D eigenvalue weighted by Crippen LogP contribution is -2.07. The van der Waals surface area contributed by atoms with E-state index >= 15 is 0 Å². The maximum atomic E-state index is 4.62. The van der Waals surface area contributed by atoms with Crippen LogP contribution in [0.25, 0.3) is 0 Å². The fraction of sp³-hybridized carbons (Fsp3) is 0.692. The quantitative estimate of drug-likeness (QED) is 0.622. The number of aryl methyl sites for hydroxylation is 1. The van der Waals surface area contributed by atoms with E-state index in [0.717, 1.165) is 35.4 Å². The van der Waals surface area contributed by atoms with E-state index in [9.17, 15) is 0 Å². The predicted octanol–water partition coefficient (Wildman–Crippen LogP) is 3.53. The summed E-state index contributed by atoms with van der Waals surface area (Å²) in [6.07, 6.45) is 0.883. The topological polar surface area (TPSA) is 37.8 Å². The number of anilines is 1. The smallest absolute Gasteiger partial charge is 0.133 e. The highest BCUT2D eigenvalue weighted by Crippen LogP contribution is 2.26. The number of nitrogens with zero attached hydrogens (tertiary/aromatic N) is 2. The SMILES string of the molecule is CCNc1nc(CC)nc(SCC(C)C)c1C. The standard InChI is InChI=1S/C13H23N3S/c1-6-11-15-12(14-7-2)10(5)13(16-11)17-8-9(3)4/h9H,6-8H2,1-5H3,(H,14,15,16). The van der Waals surface area contributed by atoms with E-state index in [1.54, 1.807) is 0 Å². The van der Waals surface area contributed by atoms with Crippen LogP contribution in [-0.4, -0.2) is 22.3 Å². The Kier molecular flexibility index (Phi) is 5.75. The van der Waals surface area contributed by atoms with Gasteiger partial charge in [0.2, 0.25) is 0 Å². The van der Waals surface area contributed by atoms with Crippen LogP contribution in [0.3, 0.4) is 0 Å². The predicted molar refractivity (Wildman–Crippen MR) is 75.9 cm³/mol. The van der Waals surface area contributed by atoms with Crippen LogP contribution in [0, 0.1) is 12.8 Å². The summed E-state index contributed by atoms with van der Waals surface area (Å²) in [5, 5.41) is 4.44. The lowest BCUT2D eigenvalue weighted by Gasteiger charge is -2.13. The minimum absolute atomic E-state index is 0.682. The van der Waals surface area contributed by atoms with Gasteiger partial charge >= 0.3 is 0 Å². The van der Waals surface area contributed by atoms with Crippen molar-refractivity contribution in [3.8, 4) is 0 Å². The van der Waals surface area contributed by atoms with Gasteiger partial charge in [0.15, 0.2) is 0 Å². The molecule has 0 saturated carbocycles. The average Bonchev–Trinajstić information content (AvgIpc) is 2.30. The zero-order valence-electron chi connectivity index (χ0n) is 11.5. The third kappa shape index (κ3) is 4.19. The highest BCUT2D eigenvalue weighted by molar-refractivity contribution is 7.99. The highest BCUT2D eigenvalue weighted by Gasteiger charge is 2.10. The van der Waals surface area contributed by atoms with Gasteiger partial charge in [-0.15, -0.1) is 11.8 Å². The van der Waals surface area contributed by atoms with Crippen molar-refractivity contribution in [2.75, 3.05) is 17.6 Å². The fourth-order valence-corrected chi connectivity index (χ4v) is 2.40. The zero-order valence-corrected chi connectivity index (χ0v) is 12.3. The van der Waals surface area contributed by atoms with E-state index in [1.165, 1.54) is 5.56 Å². The Morgan fingerprint density at radius 1 is 1.24 bits per heavy atom. The summed E-state index contributed by atoms with van der Waals surface area (Å²) < 4.78 is 0. The van der Waals surface area contributed by atoms with Crippen LogP contribution in [0.1, 0.15) is 39.1 Å². The van der Waals surface area contributed by atoms with Crippen LogP contribution >= 0.6 is 11.8 Å². The van der Waals surface area contributed by atoms with Crippen molar-refractivity contribution in [2.45, 2.75) is 46.1 Å². The van der Waals surface area contributed by atoms with E-state index in [2.05, 4.69) is 49.9 Å². The Morgan fingerprint density at radius 3 is 2.47 bits per heavy atom. The largest absolute Gasteiger partial charge is 0.370 e. The lowest BCUT2D eigenvalue weighted by molar-refractivity contribution is 0.748. The molecule has 4 heteroatoms. The van der Waals surface area contributed by atoms with E-state index < -0.39 is 0 Å². The first kappa shape index (κ1) is 14.3. The van der Waals surface area contributed by atoms with Gasteiger partial charge in [-0.25, -0.2) is 9.97 Å². The summed E-state index contributed by atoms with van der Waals surface area (Å²) in [6.45, 7) is 11.6. The van der Waals surface area contributed by atoms with Crippen molar-refractivity contribution in [2.24, 2.45) is 5.92 Å². The molecule has 1 N–H and O–H groups in total. The van der Waals surface area contributed by atoms with Crippen LogP contribution in [0.2, 0.25) is 0 Å². The third-order valence-corrected chi connectivity index (χ3v) is 3.87. The van der Waals surface area contributed by atoms with Crippen molar-refractivity contribution in [3.63, 3.8) is 0 Å². The second-order valence-corrected chi connectivity index (χ2v) is 5.52. The molecule has 0 bridgehead atoms. The molecule has 0 aliphatic rings. The Balaban J connectivity index is 2.96. The second kappa shape index (κ2) is 6.84. The molecular formula is C13H23N3S. The van der Waals surface area contributed by atoms with Crippen LogP contribution in [-0.2, 0) is 6.42 Å². The summed E-state index contributed by atoms with van der Waals surface area (Å²) >= 11 is 1.83. The minimum Gasteiger partial charge on any atom is -0.370 e. The minimum atomic E-state index is 0.682. The van der Waals surface area contributed by atoms with Gasteiger partial charge in [0.05, 0.1) is 0 Å². The Bertz CT molecular complexity index is 364. The van der Waals surface area contributed by atoms with E-state index in [-0.39, 0.29) is 0 Å². The number of hydrogen-bond acceptors (Lipinski definition) is 4. The van der Waals surface area contributed by atoms with Crippen LogP contribution in [0.5, 0.6) is 0 Å². The first-order chi connectivity index (χ1) is 8.08.